The van der Waals surface area contributed by atoms with Crippen molar-refractivity contribution < 1.29 is 9.59 Å². The van der Waals surface area contributed by atoms with Crippen molar-refractivity contribution in [3.05, 3.63) is 138 Å². The zero-order valence-electron chi connectivity index (χ0n) is 20.5. The highest BCUT2D eigenvalue weighted by Crippen LogP contribution is 2.35. The topological polar surface area (TPSA) is 74.3 Å². The van der Waals surface area contributed by atoms with E-state index in [1.807, 2.05) is 91.0 Å². The van der Waals surface area contributed by atoms with Crippen LogP contribution in [0, 0.1) is 0 Å². The molecule has 1 aliphatic rings. The molecule has 0 fully saturated rings. The van der Waals surface area contributed by atoms with Crippen molar-refractivity contribution in [2.24, 2.45) is 0 Å². The fourth-order valence-corrected chi connectivity index (χ4v) is 4.66. The molecule has 2 amide bonds. The first-order valence-corrected chi connectivity index (χ1v) is 12.3. The number of carbonyl (C=O) groups excluding carboxylic acids is 2. The number of benzene rings is 4. The molecule has 0 unspecified atom stereocenters. The second-order valence-corrected chi connectivity index (χ2v) is 8.99. The van der Waals surface area contributed by atoms with Gasteiger partial charge in [0.05, 0.1) is 12.2 Å². The standard InChI is InChI=1S/C32H24N4O2/c37-31(27-13-6-5-12-26(27)22-9-2-1-3-10-22)34-25-18-16-23(17-19-25)32(38)36-21-24-11-4-7-14-28(24)35-30-29(36)15-8-20-33-30/h1-20H,21H2,(H,33,35)(H,34,37). The Balaban J connectivity index is 1.24. The summed E-state index contributed by atoms with van der Waals surface area (Å²) in [5.41, 5.74) is 6.18. The number of nitrogens with one attached hydrogen (secondary N) is 2. The molecule has 6 rings (SSSR count). The molecule has 1 aromatic heterocycles. The number of aromatic nitrogens is 1. The fraction of sp³-hybridized carbons (Fsp3) is 0.0312. The molecule has 1 aliphatic heterocycles. The van der Waals surface area contributed by atoms with E-state index < -0.39 is 0 Å². The molecule has 6 nitrogen and oxygen atoms in total. The molecule has 0 bridgehead atoms. The molecule has 0 saturated heterocycles. The van der Waals surface area contributed by atoms with Gasteiger partial charge < -0.3 is 15.5 Å². The van der Waals surface area contributed by atoms with Gasteiger partial charge in [-0.25, -0.2) is 4.98 Å². The van der Waals surface area contributed by atoms with E-state index in [1.165, 1.54) is 0 Å². The summed E-state index contributed by atoms with van der Waals surface area (Å²) in [7, 11) is 0. The van der Waals surface area contributed by atoms with Gasteiger partial charge in [0.2, 0.25) is 0 Å². The Kier molecular flexibility index (Phi) is 6.12. The molecule has 0 spiro atoms. The predicted octanol–water partition coefficient (Wildman–Crippen LogP) is 6.90. The predicted molar refractivity (Wildman–Crippen MR) is 151 cm³/mol. The highest BCUT2D eigenvalue weighted by Gasteiger charge is 2.25. The molecular formula is C32H24N4O2. The van der Waals surface area contributed by atoms with Gasteiger partial charge in [0.1, 0.15) is 0 Å². The van der Waals surface area contributed by atoms with E-state index in [1.54, 1.807) is 35.4 Å². The van der Waals surface area contributed by atoms with Gasteiger partial charge in [-0.2, -0.15) is 0 Å². The highest BCUT2D eigenvalue weighted by molar-refractivity contribution is 6.10. The molecule has 0 saturated carbocycles. The maximum absolute atomic E-state index is 13.7. The van der Waals surface area contributed by atoms with Crippen molar-refractivity contribution >= 4 is 34.7 Å². The summed E-state index contributed by atoms with van der Waals surface area (Å²) < 4.78 is 0. The van der Waals surface area contributed by atoms with Gasteiger partial charge in [0.25, 0.3) is 11.8 Å². The third kappa shape index (κ3) is 4.51. The van der Waals surface area contributed by atoms with E-state index in [-0.39, 0.29) is 11.8 Å². The Labute approximate surface area is 220 Å². The normalized spacial score (nSPS) is 11.9. The fourth-order valence-electron chi connectivity index (χ4n) is 4.66. The van der Waals surface area contributed by atoms with Crippen molar-refractivity contribution in [3.63, 3.8) is 0 Å². The quantitative estimate of drug-likeness (QED) is 0.284. The maximum atomic E-state index is 13.7. The average molecular weight is 497 g/mol. The van der Waals surface area contributed by atoms with Gasteiger partial charge >= 0.3 is 0 Å². The number of hydrogen-bond acceptors (Lipinski definition) is 4. The Morgan fingerprint density at radius 3 is 2.34 bits per heavy atom. The van der Waals surface area contributed by atoms with Crippen LogP contribution >= 0.6 is 0 Å². The number of carbonyl (C=O) groups is 2. The van der Waals surface area contributed by atoms with E-state index in [0.717, 1.165) is 22.4 Å². The lowest BCUT2D eigenvalue weighted by Gasteiger charge is -2.22. The smallest absolute Gasteiger partial charge is 0.258 e. The Morgan fingerprint density at radius 1 is 0.763 bits per heavy atom. The monoisotopic (exact) mass is 496 g/mol. The summed E-state index contributed by atoms with van der Waals surface area (Å²) in [6, 6.07) is 35.9. The van der Waals surface area contributed by atoms with Gasteiger partial charge in [-0.15, -0.1) is 0 Å². The van der Waals surface area contributed by atoms with Crippen molar-refractivity contribution in [1.29, 1.82) is 0 Å². The molecule has 5 aromatic rings. The van der Waals surface area contributed by atoms with Gasteiger partial charge in [0, 0.05) is 28.7 Å². The average Bonchev–Trinajstić information content (AvgIpc) is 3.14. The first-order chi connectivity index (χ1) is 18.7. The van der Waals surface area contributed by atoms with Crippen LogP contribution in [0.3, 0.4) is 0 Å². The SMILES string of the molecule is O=C(Nc1ccc(C(=O)N2Cc3ccccc3Nc3ncccc32)cc1)c1ccccc1-c1ccccc1. The lowest BCUT2D eigenvalue weighted by atomic mass is 9.99. The molecule has 0 atom stereocenters. The third-order valence-corrected chi connectivity index (χ3v) is 6.57. The van der Waals surface area contributed by atoms with E-state index in [2.05, 4.69) is 15.6 Å². The molecule has 38 heavy (non-hydrogen) atoms. The van der Waals surface area contributed by atoms with Crippen LogP contribution in [-0.2, 0) is 6.54 Å². The number of para-hydroxylation sites is 1. The van der Waals surface area contributed by atoms with E-state index in [9.17, 15) is 9.59 Å². The highest BCUT2D eigenvalue weighted by atomic mass is 16.2. The first kappa shape index (κ1) is 23.2. The van der Waals surface area contributed by atoms with Gasteiger partial charge in [-0.05, 0) is 65.2 Å². The molecule has 2 heterocycles. The summed E-state index contributed by atoms with van der Waals surface area (Å²) in [6.45, 7) is 0.412. The van der Waals surface area contributed by atoms with Crippen molar-refractivity contribution in [2.45, 2.75) is 6.54 Å². The van der Waals surface area contributed by atoms with E-state index >= 15 is 0 Å². The Hall–Kier alpha value is -5.23. The van der Waals surface area contributed by atoms with Crippen LogP contribution in [0.4, 0.5) is 22.9 Å². The number of nitrogens with zero attached hydrogens (tertiary/aromatic N) is 2. The summed E-state index contributed by atoms with van der Waals surface area (Å²) >= 11 is 0. The number of hydrogen-bond donors (Lipinski definition) is 2. The number of fused-ring (bicyclic) bond motifs is 2. The summed E-state index contributed by atoms with van der Waals surface area (Å²) in [4.78, 5) is 33.0. The summed E-state index contributed by atoms with van der Waals surface area (Å²) in [6.07, 6.45) is 1.70. The van der Waals surface area contributed by atoms with Gasteiger partial charge in [-0.3, -0.25) is 9.59 Å². The van der Waals surface area contributed by atoms with Crippen molar-refractivity contribution in [3.8, 4) is 11.1 Å². The van der Waals surface area contributed by atoms with Crippen LogP contribution in [0.1, 0.15) is 26.3 Å². The van der Waals surface area contributed by atoms with Crippen LogP contribution in [0.2, 0.25) is 0 Å². The molecule has 2 N–H and O–H groups in total. The first-order valence-electron chi connectivity index (χ1n) is 12.3. The zero-order chi connectivity index (χ0) is 25.9. The van der Waals surface area contributed by atoms with Crippen LogP contribution < -0.4 is 15.5 Å². The summed E-state index contributed by atoms with van der Waals surface area (Å²) in [5.74, 6) is 0.274. The van der Waals surface area contributed by atoms with Crippen LogP contribution in [0.25, 0.3) is 11.1 Å². The van der Waals surface area contributed by atoms with Gasteiger partial charge in [0.15, 0.2) is 5.82 Å². The van der Waals surface area contributed by atoms with Gasteiger partial charge in [-0.1, -0.05) is 66.7 Å². The van der Waals surface area contributed by atoms with Crippen LogP contribution in [0.15, 0.2) is 121 Å². The number of rotatable bonds is 4. The Morgan fingerprint density at radius 2 is 1.50 bits per heavy atom. The minimum absolute atomic E-state index is 0.148. The number of anilines is 4. The number of amides is 2. The Bertz CT molecular complexity index is 1630. The largest absolute Gasteiger partial charge is 0.338 e. The van der Waals surface area contributed by atoms with E-state index in [0.29, 0.717) is 34.9 Å². The number of pyridine rings is 1. The van der Waals surface area contributed by atoms with Crippen molar-refractivity contribution in [1.82, 2.24) is 4.98 Å². The zero-order valence-corrected chi connectivity index (χ0v) is 20.5. The van der Waals surface area contributed by atoms with E-state index in [4.69, 9.17) is 0 Å². The molecular weight excluding hydrogens is 472 g/mol. The second kappa shape index (κ2) is 10.0. The van der Waals surface area contributed by atoms with Crippen LogP contribution in [-0.4, -0.2) is 16.8 Å². The van der Waals surface area contributed by atoms with Crippen molar-refractivity contribution in [2.75, 3.05) is 15.5 Å². The molecule has 0 radical (unpaired) electrons. The third-order valence-electron chi connectivity index (χ3n) is 6.57. The summed E-state index contributed by atoms with van der Waals surface area (Å²) in [5, 5.41) is 6.32. The lowest BCUT2D eigenvalue weighted by Crippen LogP contribution is -2.30. The molecule has 184 valence electrons. The second-order valence-electron chi connectivity index (χ2n) is 8.99. The minimum atomic E-state index is -0.210. The lowest BCUT2D eigenvalue weighted by molar-refractivity contribution is 0.0984. The van der Waals surface area contributed by atoms with Crippen LogP contribution in [0.5, 0.6) is 0 Å². The molecule has 4 aromatic carbocycles. The maximum Gasteiger partial charge on any atom is 0.258 e. The molecule has 0 aliphatic carbocycles. The minimum Gasteiger partial charge on any atom is -0.338 e. The molecule has 6 heteroatoms.